The lowest BCUT2D eigenvalue weighted by molar-refractivity contribution is 0.336. The Morgan fingerprint density at radius 1 is 1.56 bits per heavy atom. The summed E-state index contributed by atoms with van der Waals surface area (Å²) in [5, 5.41) is 6.98. The number of hydrogen-bond acceptors (Lipinski definition) is 2. The van der Waals surface area contributed by atoms with Crippen LogP contribution in [0.1, 0.15) is 40.5 Å². The smallest absolute Gasteiger partial charge is 0.0405 e. The van der Waals surface area contributed by atoms with Crippen molar-refractivity contribution in [3.05, 3.63) is 11.6 Å². The van der Waals surface area contributed by atoms with Crippen LogP contribution in [-0.4, -0.2) is 25.7 Å². The van der Waals surface area contributed by atoms with Crippen molar-refractivity contribution in [3.63, 3.8) is 0 Å². The van der Waals surface area contributed by atoms with Gasteiger partial charge in [-0.05, 0) is 52.1 Å². The normalized spacial score (nSPS) is 33.8. The lowest BCUT2D eigenvalue weighted by atomic mass is 9.81. The molecule has 2 nitrogen and oxygen atoms in total. The number of likely N-dealkylation sites (N-methyl/N-ethyl adjacent to an activating group) is 1. The molecule has 2 N–H and O–H groups in total. The van der Waals surface area contributed by atoms with Crippen LogP contribution in [0.2, 0.25) is 0 Å². The van der Waals surface area contributed by atoms with E-state index >= 15 is 0 Å². The Bertz CT molecular complexity index is 235. The minimum atomic E-state index is 0.478. The first kappa shape index (κ1) is 13.7. The van der Waals surface area contributed by atoms with Crippen molar-refractivity contribution >= 4 is 0 Å². The Hall–Kier alpha value is -0.340. The maximum Gasteiger partial charge on any atom is 0.0405 e. The lowest BCUT2D eigenvalue weighted by Crippen LogP contribution is -2.45. The molecule has 0 saturated heterocycles. The van der Waals surface area contributed by atoms with Gasteiger partial charge in [-0.2, -0.15) is 0 Å². The second-order valence-corrected chi connectivity index (χ2v) is 5.25. The molecule has 16 heavy (non-hydrogen) atoms. The molecule has 4 atom stereocenters. The summed E-state index contributed by atoms with van der Waals surface area (Å²) in [6.07, 6.45) is 4.99. The Labute approximate surface area is 101 Å². The van der Waals surface area contributed by atoms with Crippen LogP contribution < -0.4 is 10.6 Å². The van der Waals surface area contributed by atoms with Crippen LogP contribution in [0.25, 0.3) is 0 Å². The number of hydrogen-bond donors (Lipinski definition) is 2. The van der Waals surface area contributed by atoms with E-state index in [9.17, 15) is 0 Å². The van der Waals surface area contributed by atoms with Crippen LogP contribution in [0.15, 0.2) is 11.6 Å². The summed E-state index contributed by atoms with van der Waals surface area (Å²) in [7, 11) is 2.04. The second-order valence-electron chi connectivity index (χ2n) is 5.25. The molecule has 0 amide bonds. The van der Waals surface area contributed by atoms with E-state index in [-0.39, 0.29) is 0 Å². The lowest BCUT2D eigenvalue weighted by Gasteiger charge is -2.31. The highest BCUT2D eigenvalue weighted by Gasteiger charge is 2.22. The zero-order valence-electron chi connectivity index (χ0n) is 11.5. The van der Waals surface area contributed by atoms with Crippen molar-refractivity contribution in [1.29, 1.82) is 0 Å². The minimum Gasteiger partial charge on any atom is -0.315 e. The first-order valence-electron chi connectivity index (χ1n) is 6.69. The first-order valence-corrected chi connectivity index (χ1v) is 6.69. The maximum atomic E-state index is 3.64. The molecule has 0 aromatic heterocycles. The van der Waals surface area contributed by atoms with Gasteiger partial charge in [0.15, 0.2) is 0 Å². The van der Waals surface area contributed by atoms with Crippen LogP contribution in [0.3, 0.4) is 0 Å². The molecule has 0 aliphatic carbocycles. The van der Waals surface area contributed by atoms with Crippen molar-refractivity contribution in [1.82, 2.24) is 10.6 Å². The Morgan fingerprint density at radius 3 is 2.81 bits per heavy atom. The summed E-state index contributed by atoms with van der Waals surface area (Å²) < 4.78 is 0. The average molecular weight is 224 g/mol. The summed E-state index contributed by atoms with van der Waals surface area (Å²) in [6, 6.07) is 0.979. The van der Waals surface area contributed by atoms with E-state index in [1.165, 1.54) is 12.8 Å². The molecule has 1 aliphatic rings. The SMILES string of the molecule is CCC1C(C)=CC(C(C)NC)NCCC1C. The molecule has 94 valence electrons. The Morgan fingerprint density at radius 2 is 2.25 bits per heavy atom. The van der Waals surface area contributed by atoms with E-state index in [4.69, 9.17) is 0 Å². The summed E-state index contributed by atoms with van der Waals surface area (Å²) in [4.78, 5) is 0. The van der Waals surface area contributed by atoms with Gasteiger partial charge < -0.3 is 10.6 Å². The second kappa shape index (κ2) is 6.41. The number of allylic oxidation sites excluding steroid dienone is 1. The molecule has 0 radical (unpaired) electrons. The predicted molar refractivity (Wildman–Crippen MR) is 71.6 cm³/mol. The molecule has 0 spiro atoms. The third-order valence-electron chi connectivity index (χ3n) is 4.13. The fraction of sp³-hybridized carbons (Fsp3) is 0.857. The van der Waals surface area contributed by atoms with Crippen molar-refractivity contribution in [3.8, 4) is 0 Å². The van der Waals surface area contributed by atoms with E-state index in [1.807, 2.05) is 7.05 Å². The van der Waals surface area contributed by atoms with Crippen molar-refractivity contribution in [2.45, 2.75) is 52.6 Å². The van der Waals surface area contributed by atoms with Crippen LogP contribution in [0.5, 0.6) is 0 Å². The molecule has 2 heteroatoms. The third-order valence-corrected chi connectivity index (χ3v) is 4.13. The molecule has 0 bridgehead atoms. The monoisotopic (exact) mass is 224 g/mol. The van der Waals surface area contributed by atoms with Gasteiger partial charge in [0, 0.05) is 12.1 Å². The topological polar surface area (TPSA) is 24.1 Å². The van der Waals surface area contributed by atoms with E-state index in [2.05, 4.69) is 44.4 Å². The summed E-state index contributed by atoms with van der Waals surface area (Å²) >= 11 is 0. The quantitative estimate of drug-likeness (QED) is 0.720. The van der Waals surface area contributed by atoms with Crippen LogP contribution in [0, 0.1) is 11.8 Å². The zero-order valence-corrected chi connectivity index (χ0v) is 11.5. The Balaban J connectivity index is 2.81. The van der Waals surface area contributed by atoms with E-state index in [0.29, 0.717) is 12.1 Å². The van der Waals surface area contributed by atoms with E-state index in [1.54, 1.807) is 5.57 Å². The largest absolute Gasteiger partial charge is 0.315 e. The number of nitrogens with one attached hydrogen (secondary N) is 2. The molecular weight excluding hydrogens is 196 g/mol. The standard InChI is InChI=1S/C14H28N2/c1-6-13-10(2)7-8-16-14(9-11(13)3)12(4)15-5/h9-10,12-16H,6-8H2,1-5H3. The van der Waals surface area contributed by atoms with Gasteiger partial charge in [-0.25, -0.2) is 0 Å². The molecule has 0 aromatic rings. The van der Waals surface area contributed by atoms with Crippen molar-refractivity contribution in [2.75, 3.05) is 13.6 Å². The molecule has 4 unspecified atom stereocenters. The van der Waals surface area contributed by atoms with Gasteiger partial charge in [0.1, 0.15) is 0 Å². The maximum absolute atomic E-state index is 3.64. The molecule has 0 aromatic carbocycles. The van der Waals surface area contributed by atoms with Crippen LogP contribution >= 0.6 is 0 Å². The minimum absolute atomic E-state index is 0.478. The summed E-state index contributed by atoms with van der Waals surface area (Å²) in [5.74, 6) is 1.58. The molecule has 1 rings (SSSR count). The number of rotatable bonds is 3. The predicted octanol–water partition coefficient (Wildman–Crippen LogP) is 2.56. The van der Waals surface area contributed by atoms with E-state index < -0.39 is 0 Å². The Kier molecular flexibility index (Phi) is 5.50. The highest BCUT2D eigenvalue weighted by Crippen LogP contribution is 2.28. The fourth-order valence-corrected chi connectivity index (χ4v) is 2.82. The molecule has 1 aliphatic heterocycles. The molecule has 1 heterocycles. The van der Waals surface area contributed by atoms with Gasteiger partial charge in [0.05, 0.1) is 0 Å². The van der Waals surface area contributed by atoms with Crippen LogP contribution in [-0.2, 0) is 0 Å². The van der Waals surface area contributed by atoms with Gasteiger partial charge in [-0.15, -0.1) is 0 Å². The third kappa shape index (κ3) is 3.33. The molecular formula is C14H28N2. The van der Waals surface area contributed by atoms with Gasteiger partial charge in [-0.3, -0.25) is 0 Å². The van der Waals surface area contributed by atoms with Crippen LogP contribution in [0.4, 0.5) is 0 Å². The van der Waals surface area contributed by atoms with Gasteiger partial charge >= 0.3 is 0 Å². The van der Waals surface area contributed by atoms with E-state index in [0.717, 1.165) is 18.4 Å². The van der Waals surface area contributed by atoms with Gasteiger partial charge in [-0.1, -0.05) is 25.5 Å². The van der Waals surface area contributed by atoms with Crippen molar-refractivity contribution in [2.24, 2.45) is 11.8 Å². The van der Waals surface area contributed by atoms with Crippen molar-refractivity contribution < 1.29 is 0 Å². The average Bonchev–Trinajstić information content (AvgIpc) is 2.25. The highest BCUT2D eigenvalue weighted by atomic mass is 15.0. The highest BCUT2D eigenvalue weighted by molar-refractivity contribution is 5.12. The first-order chi connectivity index (χ1) is 7.60. The van der Waals surface area contributed by atoms with Gasteiger partial charge in [0.25, 0.3) is 0 Å². The summed E-state index contributed by atoms with van der Waals surface area (Å²) in [6.45, 7) is 10.4. The molecule has 0 fully saturated rings. The van der Waals surface area contributed by atoms with Gasteiger partial charge in [0.2, 0.25) is 0 Å². The molecule has 0 saturated carbocycles. The zero-order chi connectivity index (χ0) is 12.1. The fourth-order valence-electron chi connectivity index (χ4n) is 2.82. The summed E-state index contributed by atoms with van der Waals surface area (Å²) in [5.41, 5.74) is 1.56.